The number of nitrogens with one attached hydrogen (secondary N) is 1. The summed E-state index contributed by atoms with van der Waals surface area (Å²) in [6.45, 7) is 0.989. The lowest BCUT2D eigenvalue weighted by molar-refractivity contribution is 0.593. The number of hydrogen-bond acceptors (Lipinski definition) is 2. The number of nitriles is 1. The Hall–Kier alpha value is -1.33. The Kier molecular flexibility index (Phi) is 2.86. The molecule has 2 heteroatoms. The Labute approximate surface area is 103 Å². The molecule has 0 aromatic heterocycles. The average molecular weight is 226 g/mol. The van der Waals surface area contributed by atoms with Gasteiger partial charge in [0.1, 0.15) is 6.04 Å². The summed E-state index contributed by atoms with van der Waals surface area (Å²) in [6.07, 6.45) is 5.32. The van der Waals surface area contributed by atoms with E-state index in [9.17, 15) is 5.26 Å². The minimum atomic E-state index is -0.135. The van der Waals surface area contributed by atoms with E-state index in [1.807, 2.05) is 0 Å². The van der Waals surface area contributed by atoms with Crippen LogP contribution in [-0.4, -0.2) is 6.54 Å². The van der Waals surface area contributed by atoms with Crippen LogP contribution in [0.2, 0.25) is 0 Å². The molecule has 17 heavy (non-hydrogen) atoms. The van der Waals surface area contributed by atoms with Gasteiger partial charge in [0.25, 0.3) is 0 Å². The molecular formula is C15H18N2. The van der Waals surface area contributed by atoms with Crippen molar-refractivity contribution in [2.45, 2.75) is 37.6 Å². The maximum absolute atomic E-state index is 9.19. The second-order valence-electron chi connectivity index (χ2n) is 5.35. The monoisotopic (exact) mass is 226 g/mol. The first-order chi connectivity index (χ1) is 8.36. The number of benzene rings is 1. The van der Waals surface area contributed by atoms with Gasteiger partial charge in [-0.25, -0.2) is 0 Å². The fourth-order valence-electron chi connectivity index (χ4n) is 2.22. The maximum Gasteiger partial charge on any atom is 0.121 e. The second-order valence-corrected chi connectivity index (χ2v) is 5.35. The van der Waals surface area contributed by atoms with Crippen molar-refractivity contribution in [2.24, 2.45) is 5.92 Å². The van der Waals surface area contributed by atoms with Crippen molar-refractivity contribution in [3.8, 4) is 6.07 Å². The smallest absolute Gasteiger partial charge is 0.121 e. The predicted molar refractivity (Wildman–Crippen MR) is 67.5 cm³/mol. The molecule has 2 fully saturated rings. The minimum absolute atomic E-state index is 0.135. The SMILES string of the molecule is N#CC(NCC1CC1)c1ccc(C2CC2)cc1. The van der Waals surface area contributed by atoms with Crippen molar-refractivity contribution >= 4 is 0 Å². The summed E-state index contributed by atoms with van der Waals surface area (Å²) in [5, 5.41) is 12.5. The summed E-state index contributed by atoms with van der Waals surface area (Å²) in [6, 6.07) is 10.8. The summed E-state index contributed by atoms with van der Waals surface area (Å²) in [4.78, 5) is 0. The van der Waals surface area contributed by atoms with Gasteiger partial charge in [0.05, 0.1) is 6.07 Å². The van der Waals surface area contributed by atoms with Gasteiger partial charge in [0.15, 0.2) is 0 Å². The maximum atomic E-state index is 9.19. The third-order valence-electron chi connectivity index (χ3n) is 3.76. The molecule has 2 aliphatic rings. The largest absolute Gasteiger partial charge is 0.298 e. The molecule has 0 aliphatic heterocycles. The van der Waals surface area contributed by atoms with Crippen LogP contribution in [0, 0.1) is 17.2 Å². The average Bonchev–Trinajstić information content (AvgIpc) is 3.24. The fraction of sp³-hybridized carbons (Fsp3) is 0.533. The van der Waals surface area contributed by atoms with E-state index >= 15 is 0 Å². The lowest BCUT2D eigenvalue weighted by atomic mass is 10.0. The van der Waals surface area contributed by atoms with Crippen LogP contribution in [0.4, 0.5) is 0 Å². The minimum Gasteiger partial charge on any atom is -0.298 e. The van der Waals surface area contributed by atoms with Gasteiger partial charge >= 0.3 is 0 Å². The topological polar surface area (TPSA) is 35.8 Å². The van der Waals surface area contributed by atoms with E-state index in [4.69, 9.17) is 0 Å². The van der Waals surface area contributed by atoms with Crippen molar-refractivity contribution in [3.63, 3.8) is 0 Å². The molecule has 1 atom stereocenters. The molecule has 0 spiro atoms. The van der Waals surface area contributed by atoms with Gasteiger partial charge in [-0.05, 0) is 55.2 Å². The Morgan fingerprint density at radius 3 is 2.41 bits per heavy atom. The Bertz CT molecular complexity index is 421. The molecule has 2 saturated carbocycles. The van der Waals surface area contributed by atoms with Crippen LogP contribution in [0.15, 0.2) is 24.3 Å². The van der Waals surface area contributed by atoms with Crippen molar-refractivity contribution in [3.05, 3.63) is 35.4 Å². The first-order valence-electron chi connectivity index (χ1n) is 6.59. The fourth-order valence-corrected chi connectivity index (χ4v) is 2.22. The summed E-state index contributed by atoms with van der Waals surface area (Å²) >= 11 is 0. The van der Waals surface area contributed by atoms with Crippen molar-refractivity contribution in [1.82, 2.24) is 5.32 Å². The zero-order valence-electron chi connectivity index (χ0n) is 10.0. The molecule has 0 heterocycles. The second kappa shape index (κ2) is 4.50. The Morgan fingerprint density at radius 2 is 1.88 bits per heavy atom. The highest BCUT2D eigenvalue weighted by atomic mass is 14.9. The van der Waals surface area contributed by atoms with Crippen molar-refractivity contribution in [1.29, 1.82) is 5.26 Å². The van der Waals surface area contributed by atoms with Crippen LogP contribution in [0.25, 0.3) is 0 Å². The molecule has 1 unspecified atom stereocenters. The first-order valence-corrected chi connectivity index (χ1v) is 6.59. The lowest BCUT2D eigenvalue weighted by Gasteiger charge is -2.12. The summed E-state index contributed by atoms with van der Waals surface area (Å²) < 4.78 is 0. The predicted octanol–water partition coefficient (Wildman–Crippen LogP) is 3.13. The van der Waals surface area contributed by atoms with Crippen molar-refractivity contribution < 1.29 is 0 Å². The first kappa shape index (κ1) is 10.8. The highest BCUT2D eigenvalue weighted by Gasteiger charge is 2.24. The number of rotatable bonds is 5. The standard InChI is InChI=1S/C15H18N2/c16-9-15(17-10-11-1-2-11)14-7-5-13(6-8-14)12-3-4-12/h5-8,11-12,15,17H,1-4,10H2. The van der Waals surface area contributed by atoms with Gasteiger partial charge in [0, 0.05) is 0 Å². The molecule has 0 radical (unpaired) electrons. The van der Waals surface area contributed by atoms with Gasteiger partial charge in [-0.15, -0.1) is 0 Å². The molecule has 2 nitrogen and oxygen atoms in total. The van der Waals surface area contributed by atoms with Crippen LogP contribution in [0.1, 0.15) is 48.8 Å². The van der Waals surface area contributed by atoms with E-state index < -0.39 is 0 Å². The van der Waals surface area contributed by atoms with Crippen molar-refractivity contribution in [2.75, 3.05) is 6.54 Å². The van der Waals surface area contributed by atoms with Gasteiger partial charge in [-0.3, -0.25) is 5.32 Å². The highest BCUT2D eigenvalue weighted by Crippen LogP contribution is 2.40. The normalized spacial score (nSPS) is 20.9. The Morgan fingerprint density at radius 1 is 1.18 bits per heavy atom. The van der Waals surface area contributed by atoms with E-state index in [0.717, 1.165) is 23.9 Å². The number of hydrogen-bond donors (Lipinski definition) is 1. The van der Waals surface area contributed by atoms with E-state index in [2.05, 4.69) is 35.7 Å². The van der Waals surface area contributed by atoms with Gasteiger partial charge in [-0.2, -0.15) is 5.26 Å². The summed E-state index contributed by atoms with van der Waals surface area (Å²) in [7, 11) is 0. The van der Waals surface area contributed by atoms with E-state index in [-0.39, 0.29) is 6.04 Å². The highest BCUT2D eigenvalue weighted by molar-refractivity contribution is 5.31. The Balaban J connectivity index is 1.64. The molecule has 3 rings (SSSR count). The molecule has 1 aromatic carbocycles. The van der Waals surface area contributed by atoms with E-state index in [0.29, 0.717) is 0 Å². The van der Waals surface area contributed by atoms with Crippen LogP contribution in [0.3, 0.4) is 0 Å². The zero-order chi connectivity index (χ0) is 11.7. The number of nitrogens with zero attached hydrogens (tertiary/aromatic N) is 1. The third kappa shape index (κ3) is 2.68. The van der Waals surface area contributed by atoms with Crippen LogP contribution < -0.4 is 5.32 Å². The van der Waals surface area contributed by atoms with Gasteiger partial charge in [0.2, 0.25) is 0 Å². The van der Waals surface area contributed by atoms with Crippen LogP contribution in [0.5, 0.6) is 0 Å². The third-order valence-corrected chi connectivity index (χ3v) is 3.76. The summed E-state index contributed by atoms with van der Waals surface area (Å²) in [5.74, 6) is 1.61. The van der Waals surface area contributed by atoms with E-state index in [1.165, 1.54) is 31.2 Å². The molecule has 1 aromatic rings. The molecule has 0 amide bonds. The van der Waals surface area contributed by atoms with Gasteiger partial charge < -0.3 is 0 Å². The molecule has 0 bridgehead atoms. The van der Waals surface area contributed by atoms with Crippen LogP contribution in [-0.2, 0) is 0 Å². The van der Waals surface area contributed by atoms with Gasteiger partial charge in [-0.1, -0.05) is 24.3 Å². The zero-order valence-corrected chi connectivity index (χ0v) is 10.0. The molecule has 88 valence electrons. The molecular weight excluding hydrogens is 208 g/mol. The summed E-state index contributed by atoms with van der Waals surface area (Å²) in [5.41, 5.74) is 2.55. The quantitative estimate of drug-likeness (QED) is 0.837. The van der Waals surface area contributed by atoms with Crippen LogP contribution >= 0.6 is 0 Å². The lowest BCUT2D eigenvalue weighted by Crippen LogP contribution is -2.22. The van der Waals surface area contributed by atoms with E-state index in [1.54, 1.807) is 0 Å². The molecule has 0 saturated heterocycles. The molecule has 1 N–H and O–H groups in total. The molecule has 2 aliphatic carbocycles.